The maximum atomic E-state index is 12.7. The van der Waals surface area contributed by atoms with Gasteiger partial charge in [0, 0.05) is 25.4 Å². The molecule has 7 nitrogen and oxygen atoms in total. The largest absolute Gasteiger partial charge is 0.416 e. The lowest BCUT2D eigenvalue weighted by atomic mass is 10.1. The molecule has 10 heteroatoms. The van der Waals surface area contributed by atoms with Crippen molar-refractivity contribution < 1.29 is 18.0 Å². The molecule has 3 rings (SSSR count). The predicted octanol–water partition coefficient (Wildman–Crippen LogP) is 3.40. The molecule has 2 aromatic heterocycles. The molecular formula is C20H19F3N6O. The second kappa shape index (κ2) is 9.68. The number of hydrogen-bond donors (Lipinski definition) is 3. The zero-order valence-corrected chi connectivity index (χ0v) is 15.8. The molecule has 0 atom stereocenters. The number of aromatic nitrogens is 3. The second-order valence-electron chi connectivity index (χ2n) is 6.28. The minimum Gasteiger partial charge on any atom is -0.368 e. The molecule has 0 radical (unpaired) electrons. The van der Waals surface area contributed by atoms with Gasteiger partial charge in [-0.1, -0.05) is 24.3 Å². The number of nitrogens with zero attached hydrogens (tertiary/aromatic N) is 3. The van der Waals surface area contributed by atoms with Gasteiger partial charge in [-0.2, -0.15) is 13.2 Å². The standard InChI is InChI=1S/C20H19F3N6O/c21-20(22,23)15-5-3-4-14(10-15)11-19(30)26-9-8-25-17-12-18(28-13-27-17)29-16-6-1-2-7-24-16/h1-7,10,12-13H,8-9,11H2,(H,26,30)(H2,24,25,27,28,29). The Balaban J connectivity index is 1.44. The van der Waals surface area contributed by atoms with E-state index in [9.17, 15) is 18.0 Å². The molecule has 3 aromatic rings. The van der Waals surface area contributed by atoms with Crippen LogP contribution in [0.4, 0.5) is 30.6 Å². The molecule has 0 unspecified atom stereocenters. The topological polar surface area (TPSA) is 91.8 Å². The number of hydrogen-bond acceptors (Lipinski definition) is 6. The van der Waals surface area contributed by atoms with Gasteiger partial charge in [0.1, 0.15) is 23.8 Å². The number of benzene rings is 1. The second-order valence-corrected chi connectivity index (χ2v) is 6.28. The van der Waals surface area contributed by atoms with Crippen molar-refractivity contribution in [1.29, 1.82) is 0 Å². The minimum atomic E-state index is -4.43. The van der Waals surface area contributed by atoms with E-state index in [0.717, 1.165) is 12.1 Å². The van der Waals surface area contributed by atoms with E-state index >= 15 is 0 Å². The van der Waals surface area contributed by atoms with Gasteiger partial charge in [0.2, 0.25) is 5.91 Å². The Morgan fingerprint density at radius 1 is 0.900 bits per heavy atom. The molecule has 1 amide bonds. The Kier molecular flexibility index (Phi) is 6.79. The average molecular weight is 416 g/mol. The fourth-order valence-electron chi connectivity index (χ4n) is 2.59. The molecule has 2 heterocycles. The summed E-state index contributed by atoms with van der Waals surface area (Å²) < 4.78 is 38.2. The molecule has 1 aromatic carbocycles. The van der Waals surface area contributed by atoms with E-state index < -0.39 is 11.7 Å². The molecule has 30 heavy (non-hydrogen) atoms. The van der Waals surface area contributed by atoms with Crippen LogP contribution in [0.5, 0.6) is 0 Å². The highest BCUT2D eigenvalue weighted by molar-refractivity contribution is 5.78. The first-order valence-electron chi connectivity index (χ1n) is 9.07. The van der Waals surface area contributed by atoms with Gasteiger partial charge in [0.15, 0.2) is 0 Å². The van der Waals surface area contributed by atoms with Gasteiger partial charge < -0.3 is 16.0 Å². The maximum absolute atomic E-state index is 12.7. The van der Waals surface area contributed by atoms with Crippen LogP contribution in [0.15, 0.2) is 61.1 Å². The highest BCUT2D eigenvalue weighted by Gasteiger charge is 2.30. The Hall–Kier alpha value is -3.69. The fraction of sp³-hybridized carbons (Fsp3) is 0.200. The van der Waals surface area contributed by atoms with E-state index in [2.05, 4.69) is 30.9 Å². The third-order valence-corrected chi connectivity index (χ3v) is 3.96. The number of halogens is 3. The summed E-state index contributed by atoms with van der Waals surface area (Å²) in [6.45, 7) is 0.666. The van der Waals surface area contributed by atoms with Crippen LogP contribution in [0, 0.1) is 0 Å². The quantitative estimate of drug-likeness (QED) is 0.488. The normalized spacial score (nSPS) is 11.0. The van der Waals surface area contributed by atoms with Crippen molar-refractivity contribution in [1.82, 2.24) is 20.3 Å². The van der Waals surface area contributed by atoms with Crippen LogP contribution < -0.4 is 16.0 Å². The Morgan fingerprint density at radius 3 is 2.50 bits per heavy atom. The molecule has 0 aliphatic carbocycles. The number of alkyl halides is 3. The summed E-state index contributed by atoms with van der Waals surface area (Å²) in [6, 6.07) is 11.9. The van der Waals surface area contributed by atoms with Gasteiger partial charge in [0.05, 0.1) is 12.0 Å². The van der Waals surface area contributed by atoms with Gasteiger partial charge in [-0.05, 0) is 23.8 Å². The van der Waals surface area contributed by atoms with Gasteiger partial charge in [-0.3, -0.25) is 4.79 Å². The van der Waals surface area contributed by atoms with Crippen molar-refractivity contribution in [3.8, 4) is 0 Å². The van der Waals surface area contributed by atoms with Crippen LogP contribution in [0.2, 0.25) is 0 Å². The van der Waals surface area contributed by atoms with Crippen molar-refractivity contribution in [3.05, 3.63) is 72.2 Å². The first kappa shape index (κ1) is 21.0. The molecule has 0 aliphatic rings. The van der Waals surface area contributed by atoms with Crippen LogP contribution >= 0.6 is 0 Å². The molecule has 0 saturated carbocycles. The minimum absolute atomic E-state index is 0.129. The van der Waals surface area contributed by atoms with Crippen LogP contribution in [0.1, 0.15) is 11.1 Å². The number of carbonyl (C=O) groups is 1. The summed E-state index contributed by atoms with van der Waals surface area (Å²) in [5.41, 5.74) is -0.468. The van der Waals surface area contributed by atoms with Crippen LogP contribution in [-0.4, -0.2) is 33.9 Å². The molecule has 0 saturated heterocycles. The zero-order chi connectivity index (χ0) is 21.4. The molecule has 156 valence electrons. The van der Waals surface area contributed by atoms with E-state index in [1.54, 1.807) is 24.4 Å². The van der Waals surface area contributed by atoms with Gasteiger partial charge in [0.25, 0.3) is 0 Å². The van der Waals surface area contributed by atoms with Crippen LogP contribution in [0.3, 0.4) is 0 Å². The lowest BCUT2D eigenvalue weighted by Crippen LogP contribution is -2.30. The molecule has 0 bridgehead atoms. The third kappa shape index (κ3) is 6.43. The van der Waals surface area contributed by atoms with E-state index in [0.29, 0.717) is 29.6 Å². The number of nitrogens with one attached hydrogen (secondary N) is 3. The number of amides is 1. The maximum Gasteiger partial charge on any atom is 0.416 e. The van der Waals surface area contributed by atoms with Gasteiger partial charge in [-0.25, -0.2) is 15.0 Å². The highest BCUT2D eigenvalue weighted by Crippen LogP contribution is 2.29. The van der Waals surface area contributed by atoms with Crippen molar-refractivity contribution in [2.24, 2.45) is 0 Å². The average Bonchev–Trinajstić information content (AvgIpc) is 2.72. The van der Waals surface area contributed by atoms with Gasteiger partial charge in [-0.15, -0.1) is 0 Å². The monoisotopic (exact) mass is 416 g/mol. The van der Waals surface area contributed by atoms with Crippen molar-refractivity contribution in [2.75, 3.05) is 23.7 Å². The van der Waals surface area contributed by atoms with Gasteiger partial charge >= 0.3 is 6.18 Å². The molecule has 0 spiro atoms. The number of rotatable bonds is 8. The number of anilines is 3. The van der Waals surface area contributed by atoms with E-state index in [1.165, 1.54) is 18.5 Å². The summed E-state index contributed by atoms with van der Waals surface area (Å²) in [6.07, 6.45) is -1.52. The smallest absolute Gasteiger partial charge is 0.368 e. The number of pyridine rings is 1. The van der Waals surface area contributed by atoms with E-state index in [-0.39, 0.29) is 18.9 Å². The summed E-state index contributed by atoms with van der Waals surface area (Å²) in [7, 11) is 0. The van der Waals surface area contributed by atoms with Crippen LogP contribution in [-0.2, 0) is 17.4 Å². The van der Waals surface area contributed by atoms with E-state index in [4.69, 9.17) is 0 Å². The van der Waals surface area contributed by atoms with Crippen molar-refractivity contribution >= 4 is 23.4 Å². The van der Waals surface area contributed by atoms with Crippen molar-refractivity contribution in [3.63, 3.8) is 0 Å². The molecular weight excluding hydrogens is 397 g/mol. The number of carbonyl (C=O) groups excluding carboxylic acids is 1. The lowest BCUT2D eigenvalue weighted by molar-refractivity contribution is -0.137. The highest BCUT2D eigenvalue weighted by atomic mass is 19.4. The first-order chi connectivity index (χ1) is 14.4. The fourth-order valence-corrected chi connectivity index (χ4v) is 2.59. The SMILES string of the molecule is O=C(Cc1cccc(C(F)(F)F)c1)NCCNc1cc(Nc2ccccn2)ncn1. The summed E-state index contributed by atoms with van der Waals surface area (Å²) in [4.78, 5) is 24.3. The zero-order valence-electron chi connectivity index (χ0n) is 15.8. The summed E-state index contributed by atoms with van der Waals surface area (Å²) >= 11 is 0. The predicted molar refractivity (Wildman–Crippen MR) is 106 cm³/mol. The molecule has 0 aliphatic heterocycles. The van der Waals surface area contributed by atoms with Crippen LogP contribution in [0.25, 0.3) is 0 Å². The Morgan fingerprint density at radius 2 is 1.73 bits per heavy atom. The Labute approximate surface area is 170 Å². The first-order valence-corrected chi connectivity index (χ1v) is 9.07. The summed E-state index contributed by atoms with van der Waals surface area (Å²) in [5, 5.41) is 8.75. The molecule has 3 N–H and O–H groups in total. The molecule has 0 fully saturated rings. The van der Waals surface area contributed by atoms with E-state index in [1.807, 2.05) is 6.07 Å². The summed E-state index contributed by atoms with van der Waals surface area (Å²) in [5.74, 6) is 1.38. The van der Waals surface area contributed by atoms with Crippen molar-refractivity contribution in [2.45, 2.75) is 12.6 Å². The third-order valence-electron chi connectivity index (χ3n) is 3.96. The Bertz CT molecular complexity index is 982. The lowest BCUT2D eigenvalue weighted by Gasteiger charge is -2.10.